The molecule has 1 aliphatic carbocycles. The smallest absolute Gasteiger partial charge is 0.417 e. The Kier molecular flexibility index (Phi) is 6.86. The van der Waals surface area contributed by atoms with Crippen LogP contribution in [0.2, 0.25) is 5.02 Å². The molecule has 0 spiro atoms. The van der Waals surface area contributed by atoms with Gasteiger partial charge in [-0.2, -0.15) is 18.2 Å². The number of carbonyl (C=O) groups is 1. The molecule has 2 fully saturated rings. The highest BCUT2D eigenvalue weighted by atomic mass is 35.5. The predicted molar refractivity (Wildman–Crippen MR) is 142 cm³/mol. The maximum absolute atomic E-state index is 14.1. The number of hydrogen-bond donors (Lipinski definition) is 0. The first-order valence-corrected chi connectivity index (χ1v) is 14.3. The molecule has 0 radical (unpaired) electrons. The van der Waals surface area contributed by atoms with Gasteiger partial charge in [-0.25, -0.2) is 9.59 Å². The molecule has 0 bridgehead atoms. The van der Waals surface area contributed by atoms with Gasteiger partial charge in [-0.05, 0) is 65.4 Å². The quantitative estimate of drug-likeness (QED) is 0.437. The zero-order valence-electron chi connectivity index (χ0n) is 22.1. The van der Waals surface area contributed by atoms with Gasteiger partial charge < -0.3 is 9.64 Å². The van der Waals surface area contributed by atoms with E-state index in [1.807, 2.05) is 18.7 Å². The number of rotatable bonds is 2. The Labute approximate surface area is 228 Å². The minimum atomic E-state index is -4.67. The van der Waals surface area contributed by atoms with Crippen LogP contribution in [0.1, 0.15) is 53.0 Å². The van der Waals surface area contributed by atoms with Crippen LogP contribution in [-0.4, -0.2) is 57.1 Å². The first-order valence-electron chi connectivity index (χ1n) is 12.9. The zero-order valence-corrected chi connectivity index (χ0v) is 23.6. The van der Waals surface area contributed by atoms with Crippen LogP contribution < -0.4 is 10.6 Å². The van der Waals surface area contributed by atoms with Gasteiger partial charge >= 0.3 is 18.0 Å². The first-order chi connectivity index (χ1) is 17.7. The number of amides is 1. The standard InChI is InChI=1S/C26H32ClF3N4O3S/c1-13-9-32(10-14(2)34(13)24(36)37-25(3,4)5)22-17-8-18(26(28,29)30)19(27)21-20(17)33(23(35)31-22)11-16(12-38-21)15-6-7-15/h8,13-16H,6-7,9-12H2,1-5H3/t13-,14+,16-/m0/s1. The van der Waals surface area contributed by atoms with Gasteiger partial charge in [0.05, 0.1) is 33.1 Å². The van der Waals surface area contributed by atoms with E-state index in [-0.39, 0.29) is 52.2 Å². The number of hydrogen-bond acceptors (Lipinski definition) is 6. The molecule has 3 aliphatic rings. The Bertz CT molecular complexity index is 1330. The average molecular weight is 573 g/mol. The lowest BCUT2D eigenvalue weighted by Crippen LogP contribution is -2.59. The maximum Gasteiger partial charge on any atom is 0.417 e. The van der Waals surface area contributed by atoms with Crippen molar-refractivity contribution in [2.24, 2.45) is 11.8 Å². The summed E-state index contributed by atoms with van der Waals surface area (Å²) in [5, 5.41) is -0.112. The summed E-state index contributed by atoms with van der Waals surface area (Å²) in [6.07, 6.45) is -3.00. The Morgan fingerprint density at radius 2 is 1.74 bits per heavy atom. The predicted octanol–water partition coefficient (Wildman–Crippen LogP) is 6.03. The molecule has 2 aliphatic heterocycles. The molecule has 0 N–H and O–H groups in total. The minimum absolute atomic E-state index is 0.170. The summed E-state index contributed by atoms with van der Waals surface area (Å²) >= 11 is 7.69. The summed E-state index contributed by atoms with van der Waals surface area (Å²) in [7, 11) is 0. The van der Waals surface area contributed by atoms with Gasteiger partial charge in [-0.3, -0.25) is 9.47 Å². The molecule has 12 heteroatoms. The summed E-state index contributed by atoms with van der Waals surface area (Å²) in [5.74, 6) is 1.42. The number of ether oxygens (including phenoxy) is 1. The molecule has 7 nitrogen and oxygen atoms in total. The van der Waals surface area contributed by atoms with Gasteiger partial charge in [-0.1, -0.05) is 11.6 Å². The van der Waals surface area contributed by atoms with Crippen LogP contribution in [0.25, 0.3) is 10.9 Å². The second kappa shape index (κ2) is 9.50. The molecular weight excluding hydrogens is 541 g/mol. The van der Waals surface area contributed by atoms with E-state index in [9.17, 15) is 22.8 Å². The van der Waals surface area contributed by atoms with Gasteiger partial charge in [0.25, 0.3) is 0 Å². The fraction of sp³-hybridized carbons (Fsp3) is 0.654. The summed E-state index contributed by atoms with van der Waals surface area (Å²) in [4.78, 5) is 34.4. The Hall–Kier alpha value is -2.14. The van der Waals surface area contributed by atoms with Gasteiger partial charge in [0.15, 0.2) is 0 Å². The zero-order chi connectivity index (χ0) is 27.7. The molecule has 38 heavy (non-hydrogen) atoms. The molecule has 1 amide bonds. The number of aromatic nitrogens is 2. The van der Waals surface area contributed by atoms with Crippen molar-refractivity contribution in [2.45, 2.75) is 82.8 Å². The number of carbonyl (C=O) groups excluding carboxylic acids is 1. The van der Waals surface area contributed by atoms with Crippen molar-refractivity contribution in [3.63, 3.8) is 0 Å². The Morgan fingerprint density at radius 1 is 1.11 bits per heavy atom. The van der Waals surface area contributed by atoms with Crippen LogP contribution in [0.4, 0.5) is 23.8 Å². The lowest BCUT2D eigenvalue weighted by Gasteiger charge is -2.45. The molecule has 3 heterocycles. The number of benzene rings is 1. The third-order valence-electron chi connectivity index (χ3n) is 7.41. The summed E-state index contributed by atoms with van der Waals surface area (Å²) < 4.78 is 49.5. The highest BCUT2D eigenvalue weighted by Gasteiger charge is 2.41. The molecular formula is C26H32ClF3N4O3S. The van der Waals surface area contributed by atoms with Crippen molar-refractivity contribution in [1.29, 1.82) is 0 Å². The number of anilines is 1. The van der Waals surface area contributed by atoms with E-state index in [0.29, 0.717) is 23.7 Å². The van der Waals surface area contributed by atoms with Crippen LogP contribution in [0.15, 0.2) is 15.8 Å². The summed E-state index contributed by atoms with van der Waals surface area (Å²) in [6.45, 7) is 10.1. The molecule has 1 saturated heterocycles. The molecule has 2 aromatic rings. The van der Waals surface area contributed by atoms with E-state index >= 15 is 0 Å². The van der Waals surface area contributed by atoms with E-state index in [1.54, 1.807) is 25.7 Å². The van der Waals surface area contributed by atoms with E-state index in [4.69, 9.17) is 16.3 Å². The Balaban J connectivity index is 1.61. The Morgan fingerprint density at radius 3 is 2.29 bits per heavy atom. The highest BCUT2D eigenvalue weighted by Crippen LogP contribution is 2.49. The third-order valence-corrected chi connectivity index (χ3v) is 9.20. The third kappa shape index (κ3) is 5.08. The van der Waals surface area contributed by atoms with Gasteiger partial charge in [0.2, 0.25) is 0 Å². The van der Waals surface area contributed by atoms with Crippen molar-refractivity contribution in [3.8, 4) is 0 Å². The second-order valence-electron chi connectivity index (χ2n) is 11.7. The molecule has 1 aromatic heterocycles. The van der Waals surface area contributed by atoms with E-state index in [0.717, 1.165) is 18.9 Å². The molecule has 5 rings (SSSR count). The number of thioether (sulfide) groups is 1. The van der Waals surface area contributed by atoms with Crippen molar-refractivity contribution in [3.05, 3.63) is 27.1 Å². The highest BCUT2D eigenvalue weighted by molar-refractivity contribution is 7.99. The molecule has 208 valence electrons. The fourth-order valence-corrected chi connectivity index (χ4v) is 7.39. The summed E-state index contributed by atoms with van der Waals surface area (Å²) in [5.41, 5.74) is -1.67. The van der Waals surface area contributed by atoms with Crippen LogP contribution in [-0.2, 0) is 17.5 Å². The van der Waals surface area contributed by atoms with Crippen LogP contribution in [0.3, 0.4) is 0 Å². The molecule has 3 atom stereocenters. The van der Waals surface area contributed by atoms with Gasteiger partial charge in [0, 0.05) is 30.8 Å². The van der Waals surface area contributed by atoms with Crippen molar-refractivity contribution in [1.82, 2.24) is 14.5 Å². The lowest BCUT2D eigenvalue weighted by atomic mass is 10.0. The number of nitrogens with zero attached hydrogens (tertiary/aromatic N) is 4. The second-order valence-corrected chi connectivity index (χ2v) is 13.1. The first kappa shape index (κ1) is 27.4. The van der Waals surface area contributed by atoms with Crippen LogP contribution in [0, 0.1) is 11.8 Å². The number of alkyl halides is 3. The lowest BCUT2D eigenvalue weighted by molar-refractivity contribution is -0.137. The van der Waals surface area contributed by atoms with E-state index in [1.165, 1.54) is 16.3 Å². The SMILES string of the molecule is C[C@@H]1CN(c2nc(=O)n3c4c(c(Cl)c(C(F)(F)F)cc24)SC[C@@H](C2CC2)C3)C[C@H](C)N1C(=O)OC(C)(C)C. The number of piperazine rings is 1. The van der Waals surface area contributed by atoms with Crippen molar-refractivity contribution >= 4 is 46.2 Å². The van der Waals surface area contributed by atoms with E-state index < -0.39 is 29.1 Å². The van der Waals surface area contributed by atoms with E-state index in [2.05, 4.69) is 4.98 Å². The molecule has 1 aromatic carbocycles. The molecule has 1 saturated carbocycles. The van der Waals surface area contributed by atoms with Crippen LogP contribution >= 0.6 is 23.4 Å². The van der Waals surface area contributed by atoms with Crippen molar-refractivity contribution < 1.29 is 22.7 Å². The minimum Gasteiger partial charge on any atom is -0.444 e. The van der Waals surface area contributed by atoms with Gasteiger partial charge in [-0.15, -0.1) is 11.8 Å². The number of halogens is 4. The van der Waals surface area contributed by atoms with Crippen molar-refractivity contribution in [2.75, 3.05) is 23.7 Å². The largest absolute Gasteiger partial charge is 0.444 e. The van der Waals surface area contributed by atoms with Crippen LogP contribution in [0.5, 0.6) is 0 Å². The average Bonchev–Trinajstić information content (AvgIpc) is 3.61. The van der Waals surface area contributed by atoms with Gasteiger partial charge in [0.1, 0.15) is 11.4 Å². The monoisotopic (exact) mass is 572 g/mol. The summed E-state index contributed by atoms with van der Waals surface area (Å²) in [6, 6.07) is 0.379. The normalized spacial score (nSPS) is 24.5. The maximum atomic E-state index is 14.1. The fourth-order valence-electron chi connectivity index (χ4n) is 5.62. The topological polar surface area (TPSA) is 67.7 Å². The molecule has 0 unspecified atom stereocenters.